The third kappa shape index (κ3) is 13.8. The van der Waals surface area contributed by atoms with E-state index in [2.05, 4.69) is 6.58 Å². The number of nitrogens with two attached hydrogens (primary N) is 1. The molecule has 0 fully saturated rings. The lowest BCUT2D eigenvalue weighted by atomic mass is 10.2. The van der Waals surface area contributed by atoms with Crippen LogP contribution in [-0.2, 0) is 4.79 Å². The fourth-order valence-electron chi connectivity index (χ4n) is 0.433. The Morgan fingerprint density at radius 1 is 1.69 bits per heavy atom. The lowest BCUT2D eigenvalue weighted by Crippen LogP contribution is -2.01. The first kappa shape index (κ1) is 14.4. The van der Waals surface area contributed by atoms with E-state index in [1.165, 1.54) is 19.9 Å². The van der Waals surface area contributed by atoms with Gasteiger partial charge in [0.1, 0.15) is 0 Å². The second kappa shape index (κ2) is 8.96. The second-order valence-corrected chi connectivity index (χ2v) is 2.42. The third-order valence-electron chi connectivity index (χ3n) is 0.995. The standard InChI is InChI=1S/C6H10O3.C3H7N/c1-4(6(8)9)3-5(2)7;1-2-3-4/h3,5,7H,1-2H3,(H,8,9);2H,1,3-4H2. The predicted molar refractivity (Wildman–Crippen MR) is 52.3 cm³/mol. The molecule has 0 aliphatic heterocycles. The molecule has 0 bridgehead atoms. The lowest BCUT2D eigenvalue weighted by Gasteiger charge is -1.95. The number of aliphatic carboxylic acids is 1. The van der Waals surface area contributed by atoms with Gasteiger partial charge in [0.2, 0.25) is 0 Å². The van der Waals surface area contributed by atoms with Crippen LogP contribution in [0.25, 0.3) is 0 Å². The molecule has 0 saturated carbocycles. The minimum absolute atomic E-state index is 0.171. The lowest BCUT2D eigenvalue weighted by molar-refractivity contribution is -0.132. The fourth-order valence-corrected chi connectivity index (χ4v) is 0.433. The number of carboxylic acid groups (broad SMARTS) is 1. The molecule has 4 nitrogen and oxygen atoms in total. The number of rotatable bonds is 3. The van der Waals surface area contributed by atoms with Crippen molar-refractivity contribution in [3.63, 3.8) is 0 Å². The molecule has 0 radical (unpaired) electrons. The maximum atomic E-state index is 10.1. The zero-order valence-electron chi connectivity index (χ0n) is 8.03. The molecule has 0 aliphatic rings. The van der Waals surface area contributed by atoms with Gasteiger partial charge < -0.3 is 15.9 Å². The van der Waals surface area contributed by atoms with Gasteiger partial charge >= 0.3 is 5.97 Å². The van der Waals surface area contributed by atoms with Crippen molar-refractivity contribution in [2.45, 2.75) is 20.0 Å². The molecule has 0 aromatic heterocycles. The first-order chi connectivity index (χ1) is 5.95. The summed E-state index contributed by atoms with van der Waals surface area (Å²) >= 11 is 0. The van der Waals surface area contributed by atoms with Crippen LogP contribution >= 0.6 is 0 Å². The Labute approximate surface area is 78.4 Å². The van der Waals surface area contributed by atoms with Crippen molar-refractivity contribution in [2.75, 3.05) is 6.54 Å². The SMILES string of the molecule is C=CCN.CC(=CC(C)O)C(=O)O. The van der Waals surface area contributed by atoms with Gasteiger partial charge in [-0.1, -0.05) is 6.08 Å². The Bertz CT molecular complexity index is 185. The van der Waals surface area contributed by atoms with Crippen LogP contribution in [0.5, 0.6) is 0 Å². The summed E-state index contributed by atoms with van der Waals surface area (Å²) in [5.74, 6) is -0.990. The highest BCUT2D eigenvalue weighted by molar-refractivity contribution is 5.85. The monoisotopic (exact) mass is 187 g/mol. The molecule has 0 saturated heterocycles. The van der Waals surface area contributed by atoms with Crippen LogP contribution in [0.3, 0.4) is 0 Å². The highest BCUT2D eigenvalue weighted by atomic mass is 16.4. The molecule has 0 aromatic carbocycles. The maximum absolute atomic E-state index is 10.1. The van der Waals surface area contributed by atoms with Crippen molar-refractivity contribution in [3.05, 3.63) is 24.3 Å². The maximum Gasteiger partial charge on any atom is 0.331 e. The van der Waals surface area contributed by atoms with Gasteiger partial charge in [0.25, 0.3) is 0 Å². The van der Waals surface area contributed by atoms with E-state index in [4.69, 9.17) is 15.9 Å². The molecule has 0 aliphatic carbocycles. The number of aliphatic hydroxyl groups excluding tert-OH is 1. The third-order valence-corrected chi connectivity index (χ3v) is 0.995. The van der Waals surface area contributed by atoms with Gasteiger partial charge in [0.15, 0.2) is 0 Å². The minimum Gasteiger partial charge on any atom is -0.478 e. The first-order valence-electron chi connectivity index (χ1n) is 3.86. The number of hydrogen-bond donors (Lipinski definition) is 3. The Morgan fingerprint density at radius 2 is 2.08 bits per heavy atom. The topological polar surface area (TPSA) is 83.5 Å². The number of aliphatic hydroxyl groups is 1. The summed E-state index contributed by atoms with van der Waals surface area (Å²) in [7, 11) is 0. The van der Waals surface area contributed by atoms with E-state index >= 15 is 0 Å². The van der Waals surface area contributed by atoms with E-state index in [-0.39, 0.29) is 5.57 Å². The molecule has 76 valence electrons. The summed E-state index contributed by atoms with van der Waals surface area (Å²) in [5.41, 5.74) is 5.08. The number of hydrogen-bond acceptors (Lipinski definition) is 3. The van der Waals surface area contributed by atoms with E-state index in [9.17, 15) is 4.79 Å². The summed E-state index contributed by atoms with van der Waals surface area (Å²) in [6.07, 6.45) is 2.25. The summed E-state index contributed by atoms with van der Waals surface area (Å²) in [5, 5.41) is 16.9. The largest absolute Gasteiger partial charge is 0.478 e. The predicted octanol–water partition coefficient (Wildman–Crippen LogP) is 0.529. The molecule has 1 unspecified atom stereocenters. The normalized spacial score (nSPS) is 12.5. The Morgan fingerprint density at radius 3 is 2.15 bits per heavy atom. The summed E-state index contributed by atoms with van der Waals surface area (Å²) in [6.45, 7) is 6.88. The molecule has 0 rings (SSSR count). The van der Waals surface area contributed by atoms with E-state index in [0.29, 0.717) is 6.54 Å². The van der Waals surface area contributed by atoms with Gasteiger partial charge in [0, 0.05) is 12.1 Å². The van der Waals surface area contributed by atoms with Crippen molar-refractivity contribution in [1.82, 2.24) is 0 Å². The summed E-state index contributed by atoms with van der Waals surface area (Å²) < 4.78 is 0. The molecule has 0 amide bonds. The number of carbonyl (C=O) groups is 1. The first-order valence-corrected chi connectivity index (χ1v) is 3.86. The Hall–Kier alpha value is -1.13. The second-order valence-electron chi connectivity index (χ2n) is 2.42. The van der Waals surface area contributed by atoms with Crippen LogP contribution in [0.1, 0.15) is 13.8 Å². The van der Waals surface area contributed by atoms with Crippen LogP contribution < -0.4 is 5.73 Å². The molecule has 13 heavy (non-hydrogen) atoms. The minimum atomic E-state index is -0.990. The average Bonchev–Trinajstić information content (AvgIpc) is 2.03. The molecular formula is C9H17NO3. The highest BCUT2D eigenvalue weighted by Crippen LogP contribution is 1.94. The average molecular weight is 187 g/mol. The zero-order valence-corrected chi connectivity index (χ0v) is 8.03. The van der Waals surface area contributed by atoms with Crippen LogP contribution in [0, 0.1) is 0 Å². The van der Waals surface area contributed by atoms with E-state index < -0.39 is 12.1 Å². The van der Waals surface area contributed by atoms with Crippen LogP contribution in [0.15, 0.2) is 24.3 Å². The van der Waals surface area contributed by atoms with Gasteiger partial charge in [-0.05, 0) is 19.9 Å². The quantitative estimate of drug-likeness (QED) is 0.444. The molecule has 4 N–H and O–H groups in total. The fraction of sp³-hybridized carbons (Fsp3) is 0.444. The molecule has 4 heteroatoms. The Kier molecular flexibility index (Phi) is 9.93. The smallest absolute Gasteiger partial charge is 0.331 e. The van der Waals surface area contributed by atoms with Crippen molar-refractivity contribution < 1.29 is 15.0 Å². The van der Waals surface area contributed by atoms with Gasteiger partial charge in [-0.25, -0.2) is 4.79 Å². The number of carboxylic acids is 1. The summed E-state index contributed by atoms with van der Waals surface area (Å²) in [6, 6.07) is 0. The summed E-state index contributed by atoms with van der Waals surface area (Å²) in [4.78, 5) is 10.1. The molecule has 0 spiro atoms. The Balaban J connectivity index is 0. The van der Waals surface area contributed by atoms with Gasteiger partial charge in [-0.3, -0.25) is 0 Å². The molecule has 0 heterocycles. The van der Waals surface area contributed by atoms with Gasteiger partial charge in [0.05, 0.1) is 6.10 Å². The van der Waals surface area contributed by atoms with Crippen molar-refractivity contribution >= 4 is 5.97 Å². The van der Waals surface area contributed by atoms with Crippen LogP contribution in [-0.4, -0.2) is 28.8 Å². The van der Waals surface area contributed by atoms with E-state index in [0.717, 1.165) is 0 Å². The molecule has 0 aromatic rings. The van der Waals surface area contributed by atoms with E-state index in [1.54, 1.807) is 6.08 Å². The molecular weight excluding hydrogens is 170 g/mol. The molecule has 1 atom stereocenters. The van der Waals surface area contributed by atoms with E-state index in [1.807, 2.05) is 0 Å². The van der Waals surface area contributed by atoms with Crippen molar-refractivity contribution in [2.24, 2.45) is 5.73 Å². The van der Waals surface area contributed by atoms with Gasteiger partial charge in [-0.2, -0.15) is 0 Å². The van der Waals surface area contributed by atoms with Crippen LogP contribution in [0.2, 0.25) is 0 Å². The van der Waals surface area contributed by atoms with Crippen molar-refractivity contribution in [3.8, 4) is 0 Å². The van der Waals surface area contributed by atoms with Crippen LogP contribution in [0.4, 0.5) is 0 Å². The van der Waals surface area contributed by atoms with Crippen molar-refractivity contribution in [1.29, 1.82) is 0 Å². The zero-order chi connectivity index (χ0) is 10.9. The highest BCUT2D eigenvalue weighted by Gasteiger charge is 1.99. The van der Waals surface area contributed by atoms with Gasteiger partial charge in [-0.15, -0.1) is 6.58 Å².